The molecule has 142 valence electrons. The van der Waals surface area contributed by atoms with Crippen LogP contribution in [0.15, 0.2) is 17.2 Å². The Hall–Kier alpha value is -1.52. The van der Waals surface area contributed by atoms with Crippen molar-refractivity contribution in [2.75, 3.05) is 26.2 Å². The van der Waals surface area contributed by atoms with Crippen molar-refractivity contribution in [1.29, 1.82) is 0 Å². The van der Waals surface area contributed by atoms with Crippen molar-refractivity contribution in [3.8, 4) is 0 Å². The van der Waals surface area contributed by atoms with Crippen LogP contribution in [0.25, 0.3) is 0 Å². The van der Waals surface area contributed by atoms with Gasteiger partial charge in [0, 0.05) is 26.3 Å². The molecule has 1 saturated heterocycles. The number of nitrogens with one attached hydrogen (secondary N) is 1. The predicted molar refractivity (Wildman–Crippen MR) is 88.9 cm³/mol. The first-order valence-electron chi connectivity index (χ1n) is 8.09. The summed E-state index contributed by atoms with van der Waals surface area (Å²) < 4.78 is 54.5. The highest BCUT2D eigenvalue weighted by Gasteiger charge is 2.31. The van der Waals surface area contributed by atoms with Crippen LogP contribution in [0.1, 0.15) is 30.3 Å². The van der Waals surface area contributed by atoms with Crippen molar-refractivity contribution in [3.05, 3.63) is 18.0 Å². The number of nitrogens with two attached hydrogens (primary N) is 1. The van der Waals surface area contributed by atoms with Gasteiger partial charge in [-0.3, -0.25) is 4.79 Å². The Morgan fingerprint density at radius 1 is 1.48 bits per heavy atom. The van der Waals surface area contributed by atoms with E-state index in [2.05, 4.69) is 5.32 Å². The maximum absolute atomic E-state index is 13.2. The van der Waals surface area contributed by atoms with Gasteiger partial charge in [-0.15, -0.1) is 0 Å². The number of aromatic nitrogens is 1. The summed E-state index contributed by atoms with van der Waals surface area (Å²) in [6, 6.07) is 1.21. The summed E-state index contributed by atoms with van der Waals surface area (Å²) in [5, 5.41) is 2.08. The number of rotatable bonds is 6. The molecular formula is C15H24F2N4O3S. The number of halogens is 2. The van der Waals surface area contributed by atoms with Gasteiger partial charge in [0.15, 0.2) is 0 Å². The molecule has 0 aliphatic carbocycles. The first-order chi connectivity index (χ1) is 11.6. The van der Waals surface area contributed by atoms with Crippen LogP contribution in [-0.2, 0) is 17.1 Å². The number of sulfonamides is 1. The fraction of sp³-hybridized carbons (Fsp3) is 0.667. The summed E-state index contributed by atoms with van der Waals surface area (Å²) in [4.78, 5) is 12.1. The van der Waals surface area contributed by atoms with Crippen molar-refractivity contribution in [2.24, 2.45) is 18.7 Å². The van der Waals surface area contributed by atoms with Gasteiger partial charge in [0.1, 0.15) is 10.6 Å². The molecule has 1 amide bonds. The van der Waals surface area contributed by atoms with E-state index in [9.17, 15) is 22.0 Å². The molecule has 3 N–H and O–H groups in total. The molecule has 10 heteroatoms. The molecule has 2 rings (SSSR count). The Kier molecular flexibility index (Phi) is 5.85. The summed E-state index contributed by atoms with van der Waals surface area (Å²) in [7, 11) is -2.22. The molecule has 1 aromatic heterocycles. The van der Waals surface area contributed by atoms with Gasteiger partial charge in [-0.2, -0.15) is 4.31 Å². The second kappa shape index (κ2) is 7.38. The van der Waals surface area contributed by atoms with Gasteiger partial charge >= 0.3 is 0 Å². The van der Waals surface area contributed by atoms with Gasteiger partial charge in [0.25, 0.3) is 11.8 Å². The lowest BCUT2D eigenvalue weighted by atomic mass is 10.0. The lowest BCUT2D eigenvalue weighted by Crippen LogP contribution is -2.41. The fourth-order valence-corrected chi connectivity index (χ4v) is 4.46. The maximum Gasteiger partial charge on any atom is 0.277 e. The van der Waals surface area contributed by atoms with Gasteiger partial charge < -0.3 is 15.6 Å². The largest absolute Gasteiger partial charge is 0.345 e. The molecule has 1 unspecified atom stereocenters. The highest BCUT2D eigenvalue weighted by atomic mass is 32.2. The van der Waals surface area contributed by atoms with E-state index < -0.39 is 34.9 Å². The predicted octanol–water partition coefficient (Wildman–Crippen LogP) is 0.770. The van der Waals surface area contributed by atoms with Gasteiger partial charge in [-0.05, 0) is 24.8 Å². The number of hydrogen-bond acceptors (Lipinski definition) is 4. The molecule has 1 aliphatic rings. The minimum Gasteiger partial charge on any atom is -0.345 e. The van der Waals surface area contributed by atoms with Gasteiger partial charge in [-0.25, -0.2) is 17.2 Å². The number of aryl methyl sites for hydroxylation is 1. The average molecular weight is 378 g/mol. The summed E-state index contributed by atoms with van der Waals surface area (Å²) in [6.07, 6.45) is 3.09. The summed E-state index contributed by atoms with van der Waals surface area (Å²) in [5.41, 5.74) is 4.92. The first kappa shape index (κ1) is 19.8. The topological polar surface area (TPSA) is 97.4 Å². The molecule has 25 heavy (non-hydrogen) atoms. The summed E-state index contributed by atoms with van der Waals surface area (Å²) in [5.74, 6) is -3.71. The Morgan fingerprint density at radius 2 is 2.16 bits per heavy atom. The molecule has 1 aromatic rings. The van der Waals surface area contributed by atoms with Gasteiger partial charge in [-0.1, -0.05) is 6.92 Å². The van der Waals surface area contributed by atoms with Crippen LogP contribution in [0, 0.1) is 5.92 Å². The molecule has 0 spiro atoms. The third-order valence-electron chi connectivity index (χ3n) is 4.28. The Labute approximate surface area is 146 Å². The molecule has 2 heterocycles. The van der Waals surface area contributed by atoms with E-state index in [-0.39, 0.29) is 16.5 Å². The Balaban J connectivity index is 2.17. The van der Waals surface area contributed by atoms with Crippen LogP contribution in [0.3, 0.4) is 0 Å². The molecule has 0 radical (unpaired) electrons. The zero-order valence-corrected chi connectivity index (χ0v) is 15.2. The molecule has 7 nitrogen and oxygen atoms in total. The van der Waals surface area contributed by atoms with Crippen LogP contribution in [0.5, 0.6) is 0 Å². The molecule has 0 aromatic carbocycles. The van der Waals surface area contributed by atoms with Crippen LogP contribution in [0.2, 0.25) is 0 Å². The Morgan fingerprint density at radius 3 is 2.76 bits per heavy atom. The molecule has 1 fully saturated rings. The third-order valence-corrected chi connectivity index (χ3v) is 6.11. The quantitative estimate of drug-likeness (QED) is 0.764. The van der Waals surface area contributed by atoms with E-state index in [0.29, 0.717) is 13.1 Å². The van der Waals surface area contributed by atoms with Crippen molar-refractivity contribution in [1.82, 2.24) is 14.2 Å². The smallest absolute Gasteiger partial charge is 0.277 e. The molecular weight excluding hydrogens is 354 g/mol. The number of carbonyl (C=O) groups is 1. The highest BCUT2D eigenvalue weighted by Crippen LogP contribution is 2.24. The van der Waals surface area contributed by atoms with Crippen molar-refractivity contribution >= 4 is 15.9 Å². The maximum atomic E-state index is 13.2. The average Bonchev–Trinajstić information content (AvgIpc) is 2.95. The minimum absolute atomic E-state index is 0.00328. The summed E-state index contributed by atoms with van der Waals surface area (Å²) >= 11 is 0. The first-order valence-corrected chi connectivity index (χ1v) is 9.53. The number of piperidine rings is 1. The lowest BCUT2D eigenvalue weighted by molar-refractivity contribution is 0.0117. The number of alkyl halides is 2. The number of carbonyl (C=O) groups excluding carboxylic acids is 1. The van der Waals surface area contributed by atoms with E-state index in [1.165, 1.54) is 28.2 Å². The van der Waals surface area contributed by atoms with E-state index >= 15 is 0 Å². The third kappa shape index (κ3) is 4.56. The monoisotopic (exact) mass is 378 g/mol. The van der Waals surface area contributed by atoms with Gasteiger partial charge in [0.2, 0.25) is 10.0 Å². The molecule has 1 atom stereocenters. The van der Waals surface area contributed by atoms with Crippen LogP contribution in [-0.4, -0.2) is 55.3 Å². The van der Waals surface area contributed by atoms with E-state index in [0.717, 1.165) is 12.8 Å². The second-order valence-electron chi connectivity index (χ2n) is 6.53. The zero-order chi connectivity index (χ0) is 18.8. The highest BCUT2D eigenvalue weighted by molar-refractivity contribution is 7.89. The van der Waals surface area contributed by atoms with Crippen LogP contribution >= 0.6 is 0 Å². The molecule has 0 bridgehead atoms. The minimum atomic E-state index is -3.71. The number of nitrogens with zero attached hydrogens (tertiary/aromatic N) is 2. The zero-order valence-electron chi connectivity index (χ0n) is 14.3. The van der Waals surface area contributed by atoms with Crippen molar-refractivity contribution in [3.63, 3.8) is 0 Å². The van der Waals surface area contributed by atoms with Crippen molar-refractivity contribution in [2.45, 2.75) is 30.6 Å². The van der Waals surface area contributed by atoms with Crippen molar-refractivity contribution < 1.29 is 22.0 Å². The standard InChI is InChI=1S/C15H24F2N4O3S/c1-11-4-3-5-21(7-11)25(23,24)12-6-13(20(2)8-12)14(22)19-10-15(16,17)9-18/h6,8,11H,3-5,7,9-10,18H2,1-2H3,(H,19,22). The lowest BCUT2D eigenvalue weighted by Gasteiger charge is -2.29. The summed E-state index contributed by atoms with van der Waals surface area (Å²) in [6.45, 7) is 1.07. The normalized spacial score (nSPS) is 19.8. The van der Waals surface area contributed by atoms with E-state index in [4.69, 9.17) is 5.73 Å². The van der Waals surface area contributed by atoms with E-state index in [1.54, 1.807) is 0 Å². The van der Waals surface area contributed by atoms with Crippen LogP contribution in [0.4, 0.5) is 8.78 Å². The SMILES string of the molecule is CC1CCCN(S(=O)(=O)c2cc(C(=O)NCC(F)(F)CN)n(C)c2)C1. The Bertz CT molecular complexity index is 733. The van der Waals surface area contributed by atoms with Gasteiger partial charge in [0.05, 0.1) is 13.1 Å². The molecule has 1 aliphatic heterocycles. The van der Waals surface area contributed by atoms with E-state index in [1.807, 2.05) is 6.92 Å². The fourth-order valence-electron chi connectivity index (χ4n) is 2.79. The number of amides is 1. The molecule has 0 saturated carbocycles. The van der Waals surface area contributed by atoms with Crippen LogP contribution < -0.4 is 11.1 Å². The number of hydrogen-bond donors (Lipinski definition) is 2. The second-order valence-corrected chi connectivity index (χ2v) is 8.46.